The normalized spacial score (nSPS) is 21.5. The zero-order valence-corrected chi connectivity index (χ0v) is 13.6. The number of ether oxygens (including phenoxy) is 2. The number of esters is 1. The van der Waals surface area contributed by atoms with Gasteiger partial charge in [0.05, 0.1) is 17.9 Å². The minimum atomic E-state index is -1.70. The molecule has 0 aliphatic carbocycles. The number of carbonyl (C=O) groups is 1. The maximum Gasteiger partial charge on any atom is 0.341 e. The van der Waals surface area contributed by atoms with Crippen LogP contribution in [0.3, 0.4) is 0 Å². The number of aromatic nitrogens is 1. The first kappa shape index (κ1) is 17.0. The standard InChI is InChI=1S/C16H25NO5/c1-10(2)16(20,11(3)21-4)15(19)22-9-12-5-7-17-8-6-13(18)14(12)17/h5,7,10-11,13,18,20H,6,8-9H2,1-4H3/t11-,13+,16+/m1/s1. The van der Waals surface area contributed by atoms with Crippen molar-refractivity contribution >= 4 is 5.97 Å². The molecule has 0 saturated carbocycles. The lowest BCUT2D eigenvalue weighted by molar-refractivity contribution is -0.189. The highest BCUT2D eigenvalue weighted by molar-refractivity contribution is 5.80. The van der Waals surface area contributed by atoms with Crippen LogP contribution in [0, 0.1) is 5.92 Å². The van der Waals surface area contributed by atoms with Crippen molar-refractivity contribution in [3.8, 4) is 0 Å². The molecule has 6 nitrogen and oxygen atoms in total. The van der Waals surface area contributed by atoms with E-state index in [-0.39, 0.29) is 12.5 Å². The van der Waals surface area contributed by atoms with Gasteiger partial charge in [-0.15, -0.1) is 0 Å². The average Bonchev–Trinajstić information content (AvgIpc) is 3.06. The number of hydrogen-bond acceptors (Lipinski definition) is 5. The van der Waals surface area contributed by atoms with E-state index < -0.39 is 23.8 Å². The smallest absolute Gasteiger partial charge is 0.341 e. The summed E-state index contributed by atoms with van der Waals surface area (Å²) in [7, 11) is 1.45. The van der Waals surface area contributed by atoms with Gasteiger partial charge in [0.15, 0.2) is 5.60 Å². The fourth-order valence-corrected chi connectivity index (χ4v) is 2.96. The molecule has 2 rings (SSSR count). The molecule has 6 heteroatoms. The van der Waals surface area contributed by atoms with Gasteiger partial charge in [0.2, 0.25) is 0 Å². The maximum atomic E-state index is 12.4. The number of aliphatic hydroxyl groups is 2. The highest BCUT2D eigenvalue weighted by Crippen LogP contribution is 2.31. The Bertz CT molecular complexity index is 539. The van der Waals surface area contributed by atoms with Crippen molar-refractivity contribution in [2.24, 2.45) is 5.92 Å². The van der Waals surface area contributed by atoms with E-state index in [1.54, 1.807) is 20.8 Å². The summed E-state index contributed by atoms with van der Waals surface area (Å²) < 4.78 is 12.4. The summed E-state index contributed by atoms with van der Waals surface area (Å²) in [5.41, 5.74) is -0.133. The number of aliphatic hydroxyl groups excluding tert-OH is 1. The van der Waals surface area contributed by atoms with Crippen LogP contribution in [-0.4, -0.2) is 39.6 Å². The summed E-state index contributed by atoms with van der Waals surface area (Å²) in [6.45, 7) is 5.93. The van der Waals surface area contributed by atoms with Crippen LogP contribution in [0.15, 0.2) is 12.3 Å². The molecule has 2 N–H and O–H groups in total. The third-order valence-electron chi connectivity index (χ3n) is 4.59. The summed E-state index contributed by atoms with van der Waals surface area (Å²) in [4.78, 5) is 12.4. The van der Waals surface area contributed by atoms with Crippen molar-refractivity contribution < 1.29 is 24.5 Å². The van der Waals surface area contributed by atoms with E-state index in [1.165, 1.54) is 7.11 Å². The largest absolute Gasteiger partial charge is 0.459 e. The van der Waals surface area contributed by atoms with Gasteiger partial charge in [0.1, 0.15) is 6.61 Å². The number of hydrogen-bond donors (Lipinski definition) is 2. The Morgan fingerprint density at radius 2 is 2.18 bits per heavy atom. The zero-order valence-electron chi connectivity index (χ0n) is 13.6. The second kappa shape index (κ2) is 6.40. The van der Waals surface area contributed by atoms with Crippen LogP contribution in [0.1, 0.15) is 44.6 Å². The van der Waals surface area contributed by atoms with E-state index in [0.29, 0.717) is 6.42 Å². The number of nitrogens with zero attached hydrogens (tertiary/aromatic N) is 1. The van der Waals surface area contributed by atoms with E-state index in [4.69, 9.17) is 9.47 Å². The fourth-order valence-electron chi connectivity index (χ4n) is 2.96. The van der Waals surface area contributed by atoms with E-state index in [1.807, 2.05) is 16.8 Å². The lowest BCUT2D eigenvalue weighted by atomic mass is 9.85. The van der Waals surface area contributed by atoms with E-state index in [9.17, 15) is 15.0 Å². The Hall–Kier alpha value is -1.37. The molecule has 0 amide bonds. The van der Waals surface area contributed by atoms with Crippen molar-refractivity contribution in [3.05, 3.63) is 23.5 Å². The van der Waals surface area contributed by atoms with Crippen molar-refractivity contribution in [1.29, 1.82) is 0 Å². The van der Waals surface area contributed by atoms with E-state index in [2.05, 4.69) is 0 Å². The van der Waals surface area contributed by atoms with Crippen LogP contribution in [0.2, 0.25) is 0 Å². The van der Waals surface area contributed by atoms with Crippen LogP contribution in [-0.2, 0) is 27.4 Å². The summed E-state index contributed by atoms with van der Waals surface area (Å²) in [6, 6.07) is 1.83. The van der Waals surface area contributed by atoms with E-state index in [0.717, 1.165) is 17.8 Å². The Morgan fingerprint density at radius 3 is 2.77 bits per heavy atom. The fraction of sp³-hybridized carbons (Fsp3) is 0.688. The first-order valence-corrected chi connectivity index (χ1v) is 7.60. The molecule has 0 saturated heterocycles. The molecule has 0 spiro atoms. The minimum absolute atomic E-state index is 0.0314. The van der Waals surface area contributed by atoms with E-state index >= 15 is 0 Å². The number of rotatable bonds is 6. The molecule has 1 aromatic rings. The molecule has 0 bridgehead atoms. The first-order chi connectivity index (χ1) is 10.3. The van der Waals surface area contributed by atoms with Gasteiger partial charge in [0.25, 0.3) is 0 Å². The van der Waals surface area contributed by atoms with Crippen LogP contribution in [0.5, 0.6) is 0 Å². The van der Waals surface area contributed by atoms with Gasteiger partial charge in [-0.2, -0.15) is 0 Å². The summed E-state index contributed by atoms with van der Waals surface area (Å²) in [6.07, 6.45) is 1.35. The maximum absolute atomic E-state index is 12.4. The predicted molar refractivity (Wildman–Crippen MR) is 80.1 cm³/mol. The third-order valence-corrected chi connectivity index (χ3v) is 4.59. The topological polar surface area (TPSA) is 80.9 Å². The van der Waals surface area contributed by atoms with Gasteiger partial charge < -0.3 is 24.3 Å². The lowest BCUT2D eigenvalue weighted by Crippen LogP contribution is -2.54. The summed E-state index contributed by atoms with van der Waals surface area (Å²) >= 11 is 0. The molecule has 1 aliphatic heterocycles. The Kier molecular flexibility index (Phi) is 4.94. The van der Waals surface area contributed by atoms with Crippen molar-refractivity contribution in [2.75, 3.05) is 7.11 Å². The molecule has 22 heavy (non-hydrogen) atoms. The molecule has 0 fully saturated rings. The SMILES string of the molecule is CO[C@H](C)[C@](O)(C(=O)OCc1ccn2c1[C@@H](O)CC2)C(C)C. The highest BCUT2D eigenvalue weighted by Gasteiger charge is 2.46. The Labute approximate surface area is 130 Å². The number of fused-ring (bicyclic) bond motifs is 1. The summed E-state index contributed by atoms with van der Waals surface area (Å²) in [5, 5.41) is 20.6. The van der Waals surface area contributed by atoms with Gasteiger partial charge >= 0.3 is 5.97 Å². The van der Waals surface area contributed by atoms with Gasteiger partial charge in [-0.05, 0) is 25.3 Å². The predicted octanol–water partition coefficient (Wildman–Crippen LogP) is 1.39. The molecule has 3 atom stereocenters. The van der Waals surface area contributed by atoms with Crippen molar-refractivity contribution in [2.45, 2.75) is 58.2 Å². The van der Waals surface area contributed by atoms with Crippen LogP contribution in [0.4, 0.5) is 0 Å². The minimum Gasteiger partial charge on any atom is -0.459 e. The molecule has 0 unspecified atom stereocenters. The van der Waals surface area contributed by atoms with Gasteiger partial charge in [-0.25, -0.2) is 4.79 Å². The Balaban J connectivity index is 2.09. The second-order valence-corrected chi connectivity index (χ2v) is 6.16. The number of carbonyl (C=O) groups excluding carboxylic acids is 1. The monoisotopic (exact) mass is 311 g/mol. The molecule has 1 aliphatic rings. The second-order valence-electron chi connectivity index (χ2n) is 6.16. The molecule has 0 radical (unpaired) electrons. The van der Waals surface area contributed by atoms with Crippen LogP contribution in [0.25, 0.3) is 0 Å². The van der Waals surface area contributed by atoms with Gasteiger partial charge in [-0.1, -0.05) is 13.8 Å². The number of methoxy groups -OCH3 is 1. The molecule has 124 valence electrons. The third kappa shape index (κ3) is 2.78. The molecule has 0 aromatic carbocycles. The molecule has 1 aromatic heterocycles. The molecular weight excluding hydrogens is 286 g/mol. The average molecular weight is 311 g/mol. The quantitative estimate of drug-likeness (QED) is 0.776. The highest BCUT2D eigenvalue weighted by atomic mass is 16.6. The van der Waals surface area contributed by atoms with Crippen LogP contribution >= 0.6 is 0 Å². The van der Waals surface area contributed by atoms with Gasteiger partial charge in [-0.3, -0.25) is 0 Å². The van der Waals surface area contributed by atoms with Crippen LogP contribution < -0.4 is 0 Å². The number of aryl methyl sites for hydroxylation is 1. The Morgan fingerprint density at radius 1 is 1.50 bits per heavy atom. The summed E-state index contributed by atoms with van der Waals surface area (Å²) in [5.74, 6) is -1.05. The van der Waals surface area contributed by atoms with Crippen molar-refractivity contribution in [3.63, 3.8) is 0 Å². The lowest BCUT2D eigenvalue weighted by Gasteiger charge is -2.34. The first-order valence-electron chi connectivity index (χ1n) is 7.60. The van der Waals surface area contributed by atoms with Gasteiger partial charge in [0, 0.05) is 25.4 Å². The molecular formula is C16H25NO5. The van der Waals surface area contributed by atoms with Crippen molar-refractivity contribution in [1.82, 2.24) is 4.57 Å². The molecule has 2 heterocycles. The zero-order chi connectivity index (χ0) is 16.5.